The van der Waals surface area contributed by atoms with E-state index in [9.17, 15) is 0 Å². The van der Waals surface area contributed by atoms with Crippen LogP contribution in [-0.2, 0) is 6.54 Å². The van der Waals surface area contributed by atoms with E-state index in [4.69, 9.17) is 0 Å². The first-order valence-electron chi connectivity index (χ1n) is 5.11. The lowest BCUT2D eigenvalue weighted by Gasteiger charge is -2.01. The van der Waals surface area contributed by atoms with Gasteiger partial charge >= 0.3 is 0 Å². The summed E-state index contributed by atoms with van der Waals surface area (Å²) in [4.78, 5) is 8.64. The highest BCUT2D eigenvalue weighted by atomic mass is 15.1. The molecule has 0 spiro atoms. The molecule has 0 aromatic carbocycles. The highest BCUT2D eigenvalue weighted by Gasteiger charge is 2.22. The van der Waals surface area contributed by atoms with Crippen LogP contribution in [0.4, 0.5) is 0 Å². The molecule has 14 heavy (non-hydrogen) atoms. The zero-order valence-corrected chi connectivity index (χ0v) is 8.27. The minimum atomic E-state index is 0.890. The zero-order valence-electron chi connectivity index (χ0n) is 8.27. The Kier molecular flexibility index (Phi) is 1.60. The molecule has 2 aromatic heterocycles. The summed E-state index contributed by atoms with van der Waals surface area (Å²) >= 11 is 0. The molecule has 3 heteroatoms. The average molecular weight is 187 g/mol. The number of fused-ring (bicyclic) bond motifs is 1. The lowest BCUT2D eigenvalue weighted by molar-refractivity contribution is 0.642. The van der Waals surface area contributed by atoms with E-state index < -0.39 is 0 Å². The summed E-state index contributed by atoms with van der Waals surface area (Å²) in [5, 5.41) is 0. The van der Waals surface area contributed by atoms with Crippen LogP contribution in [0.15, 0.2) is 18.6 Å². The van der Waals surface area contributed by atoms with Crippen LogP contribution in [0.2, 0.25) is 0 Å². The lowest BCUT2D eigenvalue weighted by atomic mass is 10.3. The van der Waals surface area contributed by atoms with E-state index in [1.54, 1.807) is 0 Å². The Morgan fingerprint density at radius 1 is 1.43 bits per heavy atom. The third kappa shape index (κ3) is 1.20. The fourth-order valence-electron chi connectivity index (χ4n) is 1.85. The summed E-state index contributed by atoms with van der Waals surface area (Å²) in [6.45, 7) is 3.14. The average Bonchev–Trinajstić information content (AvgIpc) is 2.88. The molecule has 0 amide bonds. The number of hydrogen-bond acceptors (Lipinski definition) is 2. The van der Waals surface area contributed by atoms with Crippen LogP contribution < -0.4 is 0 Å². The molecule has 1 aliphatic carbocycles. The Labute approximate surface area is 82.8 Å². The summed E-state index contributed by atoms with van der Waals surface area (Å²) in [5.41, 5.74) is 3.30. The van der Waals surface area contributed by atoms with Gasteiger partial charge in [0.2, 0.25) is 0 Å². The van der Waals surface area contributed by atoms with Gasteiger partial charge in [-0.2, -0.15) is 0 Å². The Hall–Kier alpha value is -1.38. The maximum absolute atomic E-state index is 4.40. The monoisotopic (exact) mass is 187 g/mol. The third-order valence-electron chi connectivity index (χ3n) is 2.87. The summed E-state index contributed by atoms with van der Waals surface area (Å²) < 4.78 is 2.25. The topological polar surface area (TPSA) is 30.7 Å². The van der Waals surface area contributed by atoms with Crippen LogP contribution >= 0.6 is 0 Å². The van der Waals surface area contributed by atoms with Gasteiger partial charge in [-0.1, -0.05) is 0 Å². The molecule has 0 saturated heterocycles. The van der Waals surface area contributed by atoms with Gasteiger partial charge in [0.25, 0.3) is 0 Å². The van der Waals surface area contributed by atoms with Gasteiger partial charge in [-0.15, -0.1) is 0 Å². The molecule has 72 valence electrons. The quantitative estimate of drug-likeness (QED) is 0.721. The second-order valence-electron chi connectivity index (χ2n) is 4.10. The molecule has 3 rings (SSSR count). The van der Waals surface area contributed by atoms with E-state index in [2.05, 4.69) is 20.6 Å². The molecular formula is C11H13N3. The van der Waals surface area contributed by atoms with E-state index in [0.29, 0.717) is 0 Å². The van der Waals surface area contributed by atoms with E-state index in [0.717, 1.165) is 23.7 Å². The molecule has 1 fully saturated rings. The fraction of sp³-hybridized carbons (Fsp3) is 0.455. The zero-order chi connectivity index (χ0) is 9.54. The van der Waals surface area contributed by atoms with Crippen molar-refractivity contribution >= 4 is 11.0 Å². The molecule has 0 aliphatic heterocycles. The molecule has 1 aliphatic rings. The number of nitrogens with zero attached hydrogens (tertiary/aromatic N) is 3. The summed E-state index contributed by atoms with van der Waals surface area (Å²) in [7, 11) is 0. The van der Waals surface area contributed by atoms with Crippen LogP contribution in [0.3, 0.4) is 0 Å². The first kappa shape index (κ1) is 7.97. The van der Waals surface area contributed by atoms with E-state index in [1.165, 1.54) is 18.4 Å². The van der Waals surface area contributed by atoms with Crippen molar-refractivity contribution in [1.29, 1.82) is 0 Å². The Morgan fingerprint density at radius 3 is 3.07 bits per heavy atom. The highest BCUT2D eigenvalue weighted by Crippen LogP contribution is 2.31. The second-order valence-corrected chi connectivity index (χ2v) is 4.10. The smallest absolute Gasteiger partial charge is 0.110 e. The summed E-state index contributed by atoms with van der Waals surface area (Å²) in [6, 6.07) is 2.05. The fourth-order valence-corrected chi connectivity index (χ4v) is 1.85. The van der Waals surface area contributed by atoms with Gasteiger partial charge < -0.3 is 4.57 Å². The van der Waals surface area contributed by atoms with Crippen LogP contribution in [0.1, 0.15) is 18.5 Å². The maximum atomic E-state index is 4.40. The first-order valence-corrected chi connectivity index (χ1v) is 5.11. The van der Waals surface area contributed by atoms with E-state index >= 15 is 0 Å². The van der Waals surface area contributed by atoms with Crippen molar-refractivity contribution in [1.82, 2.24) is 14.5 Å². The standard InChI is InChI=1S/C11H13N3/c1-8-11-10(4-5-12-8)14(7-13-11)6-9-2-3-9/h4-5,7,9H,2-3,6H2,1H3. The van der Waals surface area contributed by atoms with Gasteiger partial charge in [0.05, 0.1) is 17.5 Å². The predicted molar refractivity (Wildman–Crippen MR) is 55.0 cm³/mol. The number of aryl methyl sites for hydroxylation is 1. The normalized spacial score (nSPS) is 16.4. The number of aromatic nitrogens is 3. The largest absolute Gasteiger partial charge is 0.330 e. The molecule has 0 bridgehead atoms. The minimum Gasteiger partial charge on any atom is -0.330 e. The number of hydrogen-bond donors (Lipinski definition) is 0. The summed E-state index contributed by atoms with van der Waals surface area (Å²) in [6.07, 6.45) is 6.56. The van der Waals surface area contributed by atoms with Crippen molar-refractivity contribution in [3.05, 3.63) is 24.3 Å². The van der Waals surface area contributed by atoms with Crippen molar-refractivity contribution in [3.8, 4) is 0 Å². The molecule has 0 unspecified atom stereocenters. The van der Waals surface area contributed by atoms with Crippen LogP contribution in [0.5, 0.6) is 0 Å². The molecule has 1 saturated carbocycles. The SMILES string of the molecule is Cc1nccc2c1ncn2CC1CC1. The third-order valence-corrected chi connectivity index (χ3v) is 2.87. The minimum absolute atomic E-state index is 0.890. The van der Waals surface area contributed by atoms with Gasteiger partial charge in [-0.05, 0) is 31.7 Å². The Bertz CT molecular complexity index is 468. The van der Waals surface area contributed by atoms with Gasteiger partial charge in [0.1, 0.15) is 5.52 Å². The molecule has 3 nitrogen and oxygen atoms in total. The number of rotatable bonds is 2. The molecular weight excluding hydrogens is 174 g/mol. The summed E-state index contributed by atoms with van der Waals surface area (Å²) in [5.74, 6) is 0.890. The first-order chi connectivity index (χ1) is 6.84. The van der Waals surface area contributed by atoms with Crippen molar-refractivity contribution < 1.29 is 0 Å². The molecule has 2 aromatic rings. The van der Waals surface area contributed by atoms with E-state index in [1.807, 2.05) is 19.4 Å². The van der Waals surface area contributed by atoms with Gasteiger partial charge in [-0.3, -0.25) is 4.98 Å². The van der Waals surface area contributed by atoms with Gasteiger partial charge in [-0.25, -0.2) is 4.98 Å². The second kappa shape index (κ2) is 2.80. The van der Waals surface area contributed by atoms with Crippen LogP contribution in [0.25, 0.3) is 11.0 Å². The number of pyridine rings is 1. The van der Waals surface area contributed by atoms with Gasteiger partial charge in [0.15, 0.2) is 0 Å². The molecule has 0 atom stereocenters. The Morgan fingerprint density at radius 2 is 2.29 bits per heavy atom. The van der Waals surface area contributed by atoms with Crippen LogP contribution in [0, 0.1) is 12.8 Å². The van der Waals surface area contributed by atoms with Crippen molar-refractivity contribution in [2.75, 3.05) is 0 Å². The van der Waals surface area contributed by atoms with Crippen LogP contribution in [-0.4, -0.2) is 14.5 Å². The predicted octanol–water partition coefficient (Wildman–Crippen LogP) is 2.15. The van der Waals surface area contributed by atoms with Gasteiger partial charge in [0, 0.05) is 12.7 Å². The molecule has 2 heterocycles. The number of imidazole rings is 1. The van der Waals surface area contributed by atoms with Crippen molar-refractivity contribution in [2.45, 2.75) is 26.3 Å². The van der Waals surface area contributed by atoms with Crippen molar-refractivity contribution in [3.63, 3.8) is 0 Å². The van der Waals surface area contributed by atoms with Crippen molar-refractivity contribution in [2.24, 2.45) is 5.92 Å². The highest BCUT2D eigenvalue weighted by molar-refractivity contribution is 5.76. The lowest BCUT2D eigenvalue weighted by Crippen LogP contribution is -1.97. The Balaban J connectivity index is 2.10. The maximum Gasteiger partial charge on any atom is 0.110 e. The molecule has 0 radical (unpaired) electrons. The molecule has 0 N–H and O–H groups in total. The van der Waals surface area contributed by atoms with E-state index in [-0.39, 0.29) is 0 Å².